The summed E-state index contributed by atoms with van der Waals surface area (Å²) in [6.07, 6.45) is 3.51. The summed E-state index contributed by atoms with van der Waals surface area (Å²) >= 11 is 0. The highest BCUT2D eigenvalue weighted by Gasteiger charge is 2.00. The largest absolute Gasteiger partial charge is 0.357 e. The summed E-state index contributed by atoms with van der Waals surface area (Å²) in [6, 6.07) is 13.8. The zero-order chi connectivity index (χ0) is 18.6. The zero-order valence-corrected chi connectivity index (χ0v) is 18.2. The van der Waals surface area contributed by atoms with Crippen LogP contribution >= 0.6 is 24.0 Å². The van der Waals surface area contributed by atoms with Crippen LogP contribution in [-0.4, -0.2) is 36.5 Å². The van der Waals surface area contributed by atoms with Crippen LogP contribution in [0.15, 0.2) is 53.7 Å². The minimum atomic E-state index is -0.0587. The topological polar surface area (TPSA) is 78.4 Å². The van der Waals surface area contributed by atoms with Crippen LogP contribution in [0.3, 0.4) is 0 Å². The molecule has 0 aliphatic carbocycles. The first-order valence-corrected chi connectivity index (χ1v) is 8.96. The number of halogens is 1. The first kappa shape index (κ1) is 22.9. The molecule has 146 valence electrons. The van der Waals surface area contributed by atoms with Crippen molar-refractivity contribution in [3.63, 3.8) is 0 Å². The van der Waals surface area contributed by atoms with Crippen LogP contribution in [0.4, 0.5) is 5.69 Å². The number of rotatable bonds is 8. The minimum Gasteiger partial charge on any atom is -0.357 e. The molecule has 6 nitrogen and oxygen atoms in total. The fraction of sp³-hybridized carbons (Fsp3) is 0.350. The molecule has 0 spiro atoms. The Morgan fingerprint density at radius 2 is 1.85 bits per heavy atom. The molecule has 1 aromatic carbocycles. The van der Waals surface area contributed by atoms with Gasteiger partial charge in [-0.05, 0) is 43.2 Å². The fourth-order valence-corrected chi connectivity index (χ4v) is 2.45. The molecule has 0 fully saturated rings. The molecule has 0 unspecified atom stereocenters. The Bertz CT molecular complexity index is 704. The number of aromatic nitrogens is 1. The third kappa shape index (κ3) is 9.37. The number of anilines is 1. The molecule has 0 aliphatic rings. The zero-order valence-electron chi connectivity index (χ0n) is 15.9. The van der Waals surface area contributed by atoms with Gasteiger partial charge in [-0.3, -0.25) is 14.8 Å². The van der Waals surface area contributed by atoms with Crippen molar-refractivity contribution in [1.82, 2.24) is 15.6 Å². The van der Waals surface area contributed by atoms with Gasteiger partial charge in [-0.1, -0.05) is 18.2 Å². The van der Waals surface area contributed by atoms with E-state index >= 15 is 0 Å². The van der Waals surface area contributed by atoms with Gasteiger partial charge in [0.2, 0.25) is 5.91 Å². The standard InChI is InChI=1S/C20H27N5O.HI/c1-3-21-20(24-15-12-18-6-4-5-13-22-18)23-14-11-17-7-9-19(10-8-17)25-16(2)26;/h4-10,13H,3,11-12,14-15H2,1-2H3,(H,25,26)(H2,21,23,24);1H. The van der Waals surface area contributed by atoms with Crippen molar-refractivity contribution in [1.29, 1.82) is 0 Å². The molecule has 27 heavy (non-hydrogen) atoms. The predicted octanol–water partition coefficient (Wildman–Crippen LogP) is 3.00. The normalized spacial score (nSPS) is 10.7. The number of carbonyl (C=O) groups is 1. The van der Waals surface area contributed by atoms with Crippen LogP contribution in [0.2, 0.25) is 0 Å². The summed E-state index contributed by atoms with van der Waals surface area (Å²) in [5, 5.41) is 9.38. The molecule has 0 saturated carbocycles. The van der Waals surface area contributed by atoms with Gasteiger partial charge in [0.25, 0.3) is 0 Å². The number of guanidine groups is 1. The van der Waals surface area contributed by atoms with E-state index in [9.17, 15) is 4.79 Å². The second kappa shape index (κ2) is 13.1. The van der Waals surface area contributed by atoms with Crippen molar-refractivity contribution < 1.29 is 4.79 Å². The van der Waals surface area contributed by atoms with E-state index in [0.717, 1.165) is 43.3 Å². The number of hydrogen-bond donors (Lipinski definition) is 3. The van der Waals surface area contributed by atoms with E-state index in [2.05, 4.69) is 32.9 Å². The van der Waals surface area contributed by atoms with Crippen LogP contribution in [0, 0.1) is 0 Å². The average Bonchev–Trinajstić information content (AvgIpc) is 2.63. The Kier molecular flexibility index (Phi) is 11.1. The summed E-state index contributed by atoms with van der Waals surface area (Å²) in [7, 11) is 0. The summed E-state index contributed by atoms with van der Waals surface area (Å²) in [5.41, 5.74) is 3.07. The lowest BCUT2D eigenvalue weighted by molar-refractivity contribution is -0.114. The lowest BCUT2D eigenvalue weighted by Crippen LogP contribution is -2.38. The van der Waals surface area contributed by atoms with Gasteiger partial charge in [0.1, 0.15) is 0 Å². The van der Waals surface area contributed by atoms with Crippen LogP contribution in [0.25, 0.3) is 0 Å². The van der Waals surface area contributed by atoms with E-state index in [1.165, 1.54) is 12.5 Å². The third-order valence-corrected chi connectivity index (χ3v) is 3.69. The Labute approximate surface area is 178 Å². The van der Waals surface area contributed by atoms with Crippen molar-refractivity contribution in [3.8, 4) is 0 Å². The minimum absolute atomic E-state index is 0. The third-order valence-electron chi connectivity index (χ3n) is 3.69. The molecule has 7 heteroatoms. The van der Waals surface area contributed by atoms with E-state index in [0.29, 0.717) is 6.54 Å². The van der Waals surface area contributed by atoms with Crippen molar-refractivity contribution >= 4 is 41.5 Å². The second-order valence-electron chi connectivity index (χ2n) is 5.89. The highest BCUT2D eigenvalue weighted by molar-refractivity contribution is 14.0. The maximum atomic E-state index is 11.0. The number of carbonyl (C=O) groups excluding carboxylic acids is 1. The molecule has 2 rings (SSSR count). The van der Waals surface area contributed by atoms with Crippen molar-refractivity contribution in [2.45, 2.75) is 26.7 Å². The van der Waals surface area contributed by atoms with Crippen LogP contribution in [-0.2, 0) is 17.6 Å². The molecule has 1 heterocycles. The number of pyridine rings is 1. The number of aliphatic imine (C=N–C) groups is 1. The van der Waals surface area contributed by atoms with Crippen molar-refractivity contribution in [2.24, 2.45) is 4.99 Å². The molecule has 2 aromatic rings. The maximum absolute atomic E-state index is 11.0. The SMILES string of the molecule is CCNC(=NCCc1ccccn1)NCCc1ccc(NC(C)=O)cc1.I. The van der Waals surface area contributed by atoms with Gasteiger partial charge < -0.3 is 16.0 Å². The van der Waals surface area contributed by atoms with Gasteiger partial charge >= 0.3 is 0 Å². The van der Waals surface area contributed by atoms with E-state index in [1.807, 2.05) is 42.5 Å². The number of benzene rings is 1. The van der Waals surface area contributed by atoms with Gasteiger partial charge in [-0.25, -0.2) is 0 Å². The first-order valence-electron chi connectivity index (χ1n) is 8.96. The maximum Gasteiger partial charge on any atom is 0.221 e. The van der Waals surface area contributed by atoms with E-state index in [4.69, 9.17) is 0 Å². The van der Waals surface area contributed by atoms with Crippen LogP contribution in [0.1, 0.15) is 25.1 Å². The van der Waals surface area contributed by atoms with E-state index < -0.39 is 0 Å². The van der Waals surface area contributed by atoms with Gasteiger partial charge in [0.05, 0.1) is 0 Å². The lowest BCUT2D eigenvalue weighted by atomic mass is 10.1. The molecule has 1 amide bonds. The molecule has 0 atom stereocenters. The summed E-state index contributed by atoms with van der Waals surface area (Å²) in [4.78, 5) is 19.9. The Hall–Kier alpha value is -2.16. The molecule has 0 saturated heterocycles. The lowest BCUT2D eigenvalue weighted by Gasteiger charge is -2.11. The highest BCUT2D eigenvalue weighted by atomic mass is 127. The summed E-state index contributed by atoms with van der Waals surface area (Å²) < 4.78 is 0. The van der Waals surface area contributed by atoms with Crippen LogP contribution in [0.5, 0.6) is 0 Å². The highest BCUT2D eigenvalue weighted by Crippen LogP contribution is 2.09. The number of nitrogens with one attached hydrogen (secondary N) is 3. The smallest absolute Gasteiger partial charge is 0.221 e. The quantitative estimate of drug-likeness (QED) is 0.308. The molecule has 3 N–H and O–H groups in total. The van der Waals surface area contributed by atoms with Gasteiger partial charge in [-0.15, -0.1) is 24.0 Å². The molecule has 0 bridgehead atoms. The summed E-state index contributed by atoms with van der Waals surface area (Å²) in [5.74, 6) is 0.759. The summed E-state index contributed by atoms with van der Waals surface area (Å²) in [6.45, 7) is 5.86. The first-order chi connectivity index (χ1) is 12.7. The molecule has 1 aromatic heterocycles. The van der Waals surface area contributed by atoms with E-state index in [-0.39, 0.29) is 29.9 Å². The molecule has 0 radical (unpaired) electrons. The van der Waals surface area contributed by atoms with Gasteiger partial charge in [0.15, 0.2) is 5.96 Å². The predicted molar refractivity (Wildman–Crippen MR) is 122 cm³/mol. The van der Waals surface area contributed by atoms with Crippen molar-refractivity contribution in [2.75, 3.05) is 25.0 Å². The van der Waals surface area contributed by atoms with Crippen LogP contribution < -0.4 is 16.0 Å². The average molecular weight is 481 g/mol. The van der Waals surface area contributed by atoms with Gasteiger partial charge in [-0.2, -0.15) is 0 Å². The fourth-order valence-electron chi connectivity index (χ4n) is 2.45. The molecular weight excluding hydrogens is 453 g/mol. The van der Waals surface area contributed by atoms with E-state index in [1.54, 1.807) is 6.20 Å². The van der Waals surface area contributed by atoms with Gasteiger partial charge in [0, 0.05) is 50.6 Å². The number of amides is 1. The monoisotopic (exact) mass is 481 g/mol. The Morgan fingerprint density at radius 1 is 1.07 bits per heavy atom. The Morgan fingerprint density at radius 3 is 2.48 bits per heavy atom. The molecule has 0 aliphatic heterocycles. The number of nitrogens with zero attached hydrogens (tertiary/aromatic N) is 2. The van der Waals surface area contributed by atoms with Crippen molar-refractivity contribution in [3.05, 3.63) is 59.9 Å². The Balaban J connectivity index is 0.00000364. The molecular formula is C20H28IN5O. The number of hydrogen-bond acceptors (Lipinski definition) is 3. The second-order valence-corrected chi connectivity index (χ2v) is 5.89.